The SMILES string of the molecule is Cc1ccccc1C1C(C#N)=C(N)OC(n2[nH]c(=O)c3ccccc3c2=O)=C1C#N. The van der Waals surface area contributed by atoms with E-state index in [0.717, 1.165) is 10.2 Å². The molecule has 3 aromatic rings. The van der Waals surface area contributed by atoms with Crippen molar-refractivity contribution in [1.29, 1.82) is 10.5 Å². The number of hydrogen-bond donors (Lipinski definition) is 2. The van der Waals surface area contributed by atoms with Gasteiger partial charge in [0.05, 0.1) is 16.7 Å². The summed E-state index contributed by atoms with van der Waals surface area (Å²) in [6.45, 7) is 1.84. The molecular weight excluding hydrogens is 382 g/mol. The van der Waals surface area contributed by atoms with E-state index in [9.17, 15) is 20.1 Å². The molecule has 0 saturated heterocycles. The van der Waals surface area contributed by atoms with Crippen molar-refractivity contribution in [3.8, 4) is 12.1 Å². The molecular formula is C22H15N5O3. The highest BCUT2D eigenvalue weighted by Crippen LogP contribution is 2.40. The number of allylic oxidation sites excluding steroid dienone is 2. The van der Waals surface area contributed by atoms with Gasteiger partial charge in [-0.2, -0.15) is 15.2 Å². The van der Waals surface area contributed by atoms with E-state index >= 15 is 0 Å². The number of nitrogens with one attached hydrogen (secondary N) is 1. The highest BCUT2D eigenvalue weighted by Gasteiger charge is 2.35. The minimum atomic E-state index is -0.841. The van der Waals surface area contributed by atoms with Gasteiger partial charge < -0.3 is 10.5 Å². The number of ether oxygens (including phenoxy) is 1. The first-order chi connectivity index (χ1) is 14.5. The fourth-order valence-corrected chi connectivity index (χ4v) is 3.59. The Bertz CT molecular complexity index is 1460. The van der Waals surface area contributed by atoms with Crippen LogP contribution in [0.2, 0.25) is 0 Å². The van der Waals surface area contributed by atoms with Crippen molar-refractivity contribution < 1.29 is 4.74 Å². The highest BCUT2D eigenvalue weighted by molar-refractivity contribution is 5.81. The number of benzene rings is 2. The van der Waals surface area contributed by atoms with Crippen LogP contribution in [0, 0.1) is 29.6 Å². The Morgan fingerprint density at radius 1 is 1.00 bits per heavy atom. The average Bonchev–Trinajstić information content (AvgIpc) is 2.76. The molecule has 8 nitrogen and oxygen atoms in total. The lowest BCUT2D eigenvalue weighted by atomic mass is 9.82. The predicted molar refractivity (Wildman–Crippen MR) is 109 cm³/mol. The Morgan fingerprint density at radius 3 is 2.30 bits per heavy atom. The number of nitrogens with two attached hydrogens (primary N) is 1. The van der Waals surface area contributed by atoms with Gasteiger partial charge in [-0.25, -0.2) is 0 Å². The minimum Gasteiger partial charge on any atom is -0.421 e. The Labute approximate surface area is 170 Å². The molecule has 8 heteroatoms. The van der Waals surface area contributed by atoms with Crippen molar-refractivity contribution in [2.24, 2.45) is 5.73 Å². The molecule has 0 bridgehead atoms. The minimum absolute atomic E-state index is 0.0110. The van der Waals surface area contributed by atoms with Gasteiger partial charge in [0, 0.05) is 0 Å². The van der Waals surface area contributed by atoms with E-state index in [1.165, 1.54) is 12.1 Å². The third-order valence-electron chi connectivity index (χ3n) is 5.04. The van der Waals surface area contributed by atoms with E-state index in [4.69, 9.17) is 10.5 Å². The molecule has 2 aromatic carbocycles. The van der Waals surface area contributed by atoms with Crippen molar-refractivity contribution in [3.05, 3.63) is 97.4 Å². The predicted octanol–water partition coefficient (Wildman–Crippen LogP) is 2.20. The normalized spacial score (nSPS) is 16.2. The molecule has 0 amide bonds. The summed E-state index contributed by atoms with van der Waals surface area (Å²) in [7, 11) is 0. The van der Waals surface area contributed by atoms with E-state index < -0.39 is 17.0 Å². The second-order valence-electron chi connectivity index (χ2n) is 6.74. The highest BCUT2D eigenvalue weighted by atomic mass is 16.5. The van der Waals surface area contributed by atoms with Gasteiger partial charge in [-0.05, 0) is 30.2 Å². The van der Waals surface area contributed by atoms with Crippen LogP contribution in [0.15, 0.2) is 75.1 Å². The summed E-state index contributed by atoms with van der Waals surface area (Å²) < 4.78 is 6.41. The summed E-state index contributed by atoms with van der Waals surface area (Å²) in [5.41, 5.74) is 6.44. The third-order valence-corrected chi connectivity index (χ3v) is 5.04. The van der Waals surface area contributed by atoms with Gasteiger partial charge in [0.15, 0.2) is 0 Å². The molecule has 1 aliphatic rings. The molecule has 2 heterocycles. The molecule has 146 valence electrons. The molecule has 0 saturated carbocycles. The van der Waals surface area contributed by atoms with Gasteiger partial charge in [0.2, 0.25) is 11.8 Å². The number of rotatable bonds is 2. The quantitative estimate of drug-likeness (QED) is 0.680. The van der Waals surface area contributed by atoms with Crippen LogP contribution in [0.4, 0.5) is 0 Å². The summed E-state index contributed by atoms with van der Waals surface area (Å²) >= 11 is 0. The van der Waals surface area contributed by atoms with Crippen LogP contribution in [0.5, 0.6) is 0 Å². The molecule has 4 rings (SSSR count). The van der Waals surface area contributed by atoms with Gasteiger partial charge in [-0.1, -0.05) is 36.4 Å². The summed E-state index contributed by atoms with van der Waals surface area (Å²) in [6.07, 6.45) is 0. The number of hydrogen-bond acceptors (Lipinski definition) is 6. The lowest BCUT2D eigenvalue weighted by molar-refractivity contribution is 0.322. The monoisotopic (exact) mass is 397 g/mol. The van der Waals surface area contributed by atoms with E-state index in [2.05, 4.69) is 5.10 Å². The van der Waals surface area contributed by atoms with Crippen molar-refractivity contribution in [3.63, 3.8) is 0 Å². The number of aromatic nitrogens is 2. The van der Waals surface area contributed by atoms with Crippen LogP contribution in [-0.2, 0) is 4.74 Å². The standard InChI is InChI=1S/C22H15N5O3/c1-12-6-2-3-7-13(12)18-16(10-23)19(25)30-22(17(18)11-24)27-21(29)15-9-5-4-8-14(15)20(28)26-27/h2-9,18H,25H2,1H3,(H,26,28). The van der Waals surface area contributed by atoms with Crippen molar-refractivity contribution in [1.82, 2.24) is 9.78 Å². The smallest absolute Gasteiger partial charge is 0.280 e. The molecule has 1 atom stereocenters. The van der Waals surface area contributed by atoms with E-state index in [0.29, 0.717) is 5.56 Å². The van der Waals surface area contributed by atoms with Crippen LogP contribution in [0.1, 0.15) is 17.0 Å². The maximum absolute atomic E-state index is 13.1. The van der Waals surface area contributed by atoms with Crippen molar-refractivity contribution >= 4 is 16.7 Å². The fraction of sp³-hybridized carbons (Fsp3) is 0.0909. The summed E-state index contributed by atoms with van der Waals surface area (Å²) in [5.74, 6) is -1.30. The van der Waals surface area contributed by atoms with Crippen LogP contribution < -0.4 is 16.9 Å². The van der Waals surface area contributed by atoms with Gasteiger partial charge >= 0.3 is 0 Å². The lowest BCUT2D eigenvalue weighted by Crippen LogP contribution is -2.33. The van der Waals surface area contributed by atoms with Gasteiger partial charge in [-0.3, -0.25) is 14.7 Å². The Hall–Kier alpha value is -4.56. The first kappa shape index (κ1) is 18.8. The Balaban J connectivity index is 2.07. The van der Waals surface area contributed by atoms with Gasteiger partial charge in [0.25, 0.3) is 11.1 Å². The summed E-state index contributed by atoms with van der Waals surface area (Å²) in [5, 5.41) is 22.4. The van der Waals surface area contributed by atoms with Crippen LogP contribution >= 0.6 is 0 Å². The number of fused-ring (bicyclic) bond motifs is 1. The molecule has 1 unspecified atom stereocenters. The van der Waals surface area contributed by atoms with E-state index in [1.807, 2.05) is 31.2 Å². The van der Waals surface area contributed by atoms with Crippen LogP contribution in [-0.4, -0.2) is 9.78 Å². The topological polar surface area (TPSA) is 138 Å². The number of nitrogens with zero attached hydrogens (tertiary/aromatic N) is 3. The van der Waals surface area contributed by atoms with Crippen LogP contribution in [0.25, 0.3) is 16.7 Å². The molecule has 0 fully saturated rings. The largest absolute Gasteiger partial charge is 0.421 e. The zero-order chi connectivity index (χ0) is 21.4. The molecule has 0 spiro atoms. The van der Waals surface area contributed by atoms with Crippen LogP contribution in [0.3, 0.4) is 0 Å². The zero-order valence-electron chi connectivity index (χ0n) is 15.8. The second-order valence-corrected chi connectivity index (χ2v) is 6.74. The van der Waals surface area contributed by atoms with Gasteiger partial charge in [0.1, 0.15) is 23.3 Å². The molecule has 0 radical (unpaired) electrons. The Morgan fingerprint density at radius 2 is 1.63 bits per heavy atom. The van der Waals surface area contributed by atoms with Crippen molar-refractivity contribution in [2.75, 3.05) is 0 Å². The molecule has 1 aromatic heterocycles. The first-order valence-electron chi connectivity index (χ1n) is 8.99. The fourth-order valence-electron chi connectivity index (χ4n) is 3.59. The molecule has 1 aliphatic heterocycles. The summed E-state index contributed by atoms with van der Waals surface area (Å²) in [4.78, 5) is 25.6. The molecule has 0 aliphatic carbocycles. The van der Waals surface area contributed by atoms with Crippen molar-refractivity contribution in [2.45, 2.75) is 12.8 Å². The molecule has 3 N–H and O–H groups in total. The van der Waals surface area contributed by atoms with Gasteiger partial charge in [-0.15, -0.1) is 0 Å². The number of aryl methyl sites for hydroxylation is 1. The average molecular weight is 397 g/mol. The third kappa shape index (κ3) is 2.76. The number of H-pyrrole nitrogens is 1. The maximum atomic E-state index is 13.1. The Kier molecular flexibility index (Phi) is 4.46. The van der Waals surface area contributed by atoms with E-state index in [-0.39, 0.29) is 33.7 Å². The number of nitriles is 2. The van der Waals surface area contributed by atoms with E-state index in [1.54, 1.807) is 24.3 Å². The lowest BCUT2D eigenvalue weighted by Gasteiger charge is -2.27. The summed E-state index contributed by atoms with van der Waals surface area (Å²) in [6, 6.07) is 17.6. The second kappa shape index (κ2) is 7.12. The zero-order valence-corrected chi connectivity index (χ0v) is 15.8. The maximum Gasteiger partial charge on any atom is 0.280 e. The number of aromatic amines is 1. The molecule has 30 heavy (non-hydrogen) atoms. The first-order valence-corrected chi connectivity index (χ1v) is 8.99.